The predicted octanol–water partition coefficient (Wildman–Crippen LogP) is 2.36. The summed E-state index contributed by atoms with van der Waals surface area (Å²) in [6, 6.07) is 15.5. The van der Waals surface area contributed by atoms with Gasteiger partial charge in [-0.15, -0.1) is 0 Å². The zero-order valence-electron chi connectivity index (χ0n) is 17.4. The normalized spacial score (nSPS) is 15.0. The van der Waals surface area contributed by atoms with Crippen LogP contribution in [0.3, 0.4) is 0 Å². The van der Waals surface area contributed by atoms with Gasteiger partial charge in [0, 0.05) is 45.4 Å². The molecule has 1 saturated heterocycles. The minimum Gasteiger partial charge on any atom is -0.484 e. The molecule has 30 heavy (non-hydrogen) atoms. The highest BCUT2D eigenvalue weighted by atomic mass is 16.5. The molecule has 1 atom stereocenters. The maximum Gasteiger partial charge on any atom is 0.333 e. The molecule has 7 heteroatoms. The summed E-state index contributed by atoms with van der Waals surface area (Å²) in [5, 5.41) is 9.06. The van der Waals surface area contributed by atoms with E-state index in [1.165, 1.54) is 18.4 Å². The van der Waals surface area contributed by atoms with E-state index in [0.717, 1.165) is 18.7 Å². The van der Waals surface area contributed by atoms with E-state index >= 15 is 0 Å². The van der Waals surface area contributed by atoms with Crippen molar-refractivity contribution in [2.45, 2.75) is 19.4 Å². The van der Waals surface area contributed by atoms with Crippen molar-refractivity contribution in [3.8, 4) is 5.75 Å². The summed E-state index contributed by atoms with van der Waals surface area (Å²) >= 11 is 0. The van der Waals surface area contributed by atoms with Crippen molar-refractivity contribution in [2.24, 2.45) is 0 Å². The van der Waals surface area contributed by atoms with Crippen LogP contribution in [0, 0.1) is 6.92 Å². The summed E-state index contributed by atoms with van der Waals surface area (Å²) < 4.78 is 10.6. The predicted molar refractivity (Wildman–Crippen MR) is 114 cm³/mol. The third-order valence-corrected chi connectivity index (χ3v) is 5.30. The first-order valence-electron chi connectivity index (χ1n) is 10.0. The van der Waals surface area contributed by atoms with Crippen molar-refractivity contribution in [3.05, 3.63) is 59.7 Å². The number of hydrogen-bond donors (Lipinski definition) is 1. The number of methoxy groups -OCH3 is 1. The van der Waals surface area contributed by atoms with Gasteiger partial charge in [0.25, 0.3) is 5.91 Å². The minimum atomic E-state index is -0.995. The fourth-order valence-electron chi connectivity index (χ4n) is 3.41. The number of ether oxygens (including phenoxy) is 2. The molecule has 1 amide bonds. The summed E-state index contributed by atoms with van der Waals surface area (Å²) in [5.41, 5.74) is 3.25. The quantitative estimate of drug-likeness (QED) is 0.717. The number of amides is 1. The highest BCUT2D eigenvalue weighted by Crippen LogP contribution is 2.18. The number of carboxylic acids is 1. The minimum absolute atomic E-state index is 0.0142. The van der Waals surface area contributed by atoms with Gasteiger partial charge >= 0.3 is 5.97 Å². The SMILES string of the molecule is COC(Cc1ccc(OCC(=O)N2CCN(c3ccc(C)cc3)CC2)cc1)C(=O)O. The molecule has 7 nitrogen and oxygen atoms in total. The van der Waals surface area contributed by atoms with Gasteiger partial charge in [-0.05, 0) is 36.8 Å². The maximum atomic E-state index is 12.5. The third-order valence-electron chi connectivity index (χ3n) is 5.30. The van der Waals surface area contributed by atoms with Gasteiger partial charge in [-0.2, -0.15) is 0 Å². The Bertz CT molecular complexity index is 843. The third kappa shape index (κ3) is 5.73. The molecule has 2 aromatic rings. The average Bonchev–Trinajstić information content (AvgIpc) is 2.77. The molecular formula is C23H28N2O5. The fourth-order valence-corrected chi connectivity index (χ4v) is 3.41. The molecule has 0 saturated carbocycles. The van der Waals surface area contributed by atoms with E-state index < -0.39 is 12.1 Å². The molecule has 0 aromatic heterocycles. The van der Waals surface area contributed by atoms with Gasteiger partial charge in [-0.3, -0.25) is 4.79 Å². The summed E-state index contributed by atoms with van der Waals surface area (Å²) in [7, 11) is 1.38. The van der Waals surface area contributed by atoms with Gasteiger partial charge in [-0.25, -0.2) is 4.79 Å². The van der Waals surface area contributed by atoms with E-state index in [2.05, 4.69) is 36.1 Å². The zero-order chi connectivity index (χ0) is 21.5. The van der Waals surface area contributed by atoms with Gasteiger partial charge in [0.15, 0.2) is 12.7 Å². The van der Waals surface area contributed by atoms with E-state index in [1.807, 2.05) is 4.90 Å². The number of hydrogen-bond acceptors (Lipinski definition) is 5. The summed E-state index contributed by atoms with van der Waals surface area (Å²) in [5.74, 6) is -0.450. The van der Waals surface area contributed by atoms with Crippen LogP contribution in [0.2, 0.25) is 0 Å². The average molecular weight is 412 g/mol. The van der Waals surface area contributed by atoms with Gasteiger partial charge in [0.1, 0.15) is 5.75 Å². The number of anilines is 1. The highest BCUT2D eigenvalue weighted by Gasteiger charge is 2.22. The van der Waals surface area contributed by atoms with E-state index in [9.17, 15) is 9.59 Å². The molecular weight excluding hydrogens is 384 g/mol. The highest BCUT2D eigenvalue weighted by molar-refractivity contribution is 5.78. The smallest absolute Gasteiger partial charge is 0.333 e. The molecule has 160 valence electrons. The van der Waals surface area contributed by atoms with Crippen LogP contribution in [-0.4, -0.2) is 67.9 Å². The molecule has 1 heterocycles. The molecule has 1 aliphatic rings. The lowest BCUT2D eigenvalue weighted by Gasteiger charge is -2.36. The van der Waals surface area contributed by atoms with Crippen LogP contribution >= 0.6 is 0 Å². The zero-order valence-corrected chi connectivity index (χ0v) is 17.4. The van der Waals surface area contributed by atoms with Crippen LogP contribution in [0.1, 0.15) is 11.1 Å². The molecule has 1 aliphatic heterocycles. The fraction of sp³-hybridized carbons (Fsp3) is 0.391. The van der Waals surface area contributed by atoms with E-state index in [-0.39, 0.29) is 18.9 Å². The number of carbonyl (C=O) groups is 2. The standard InChI is InChI=1S/C23H28N2O5/c1-17-3-7-19(8-4-17)24-11-13-25(14-12-24)22(26)16-30-20-9-5-18(6-10-20)15-21(29-2)23(27)28/h3-10,21H,11-16H2,1-2H3,(H,27,28). The van der Waals surface area contributed by atoms with Crippen LogP contribution in [-0.2, 0) is 20.7 Å². The Morgan fingerprint density at radius 2 is 1.63 bits per heavy atom. The molecule has 2 aromatic carbocycles. The van der Waals surface area contributed by atoms with Crippen LogP contribution < -0.4 is 9.64 Å². The Morgan fingerprint density at radius 1 is 1.00 bits per heavy atom. The van der Waals surface area contributed by atoms with Crippen LogP contribution in [0.4, 0.5) is 5.69 Å². The maximum absolute atomic E-state index is 12.5. The Hall–Kier alpha value is -3.06. The second kappa shape index (κ2) is 10.1. The van der Waals surface area contributed by atoms with Crippen molar-refractivity contribution in [1.82, 2.24) is 4.90 Å². The first-order valence-corrected chi connectivity index (χ1v) is 10.0. The van der Waals surface area contributed by atoms with Crippen LogP contribution in [0.25, 0.3) is 0 Å². The molecule has 0 bridgehead atoms. The Morgan fingerprint density at radius 3 is 2.20 bits per heavy atom. The van der Waals surface area contributed by atoms with Crippen molar-refractivity contribution in [3.63, 3.8) is 0 Å². The number of rotatable bonds is 8. The van der Waals surface area contributed by atoms with E-state index in [1.54, 1.807) is 24.3 Å². The summed E-state index contributed by atoms with van der Waals surface area (Å²) in [6.07, 6.45) is -0.604. The van der Waals surface area contributed by atoms with Crippen LogP contribution in [0.5, 0.6) is 5.75 Å². The molecule has 3 rings (SSSR count). The molecule has 1 N–H and O–H groups in total. The van der Waals surface area contributed by atoms with E-state index in [4.69, 9.17) is 14.6 Å². The number of piperazine rings is 1. The summed E-state index contributed by atoms with van der Waals surface area (Å²) in [4.78, 5) is 27.6. The lowest BCUT2D eigenvalue weighted by atomic mass is 10.1. The first kappa shape index (κ1) is 21.6. The Kier molecular flexibility index (Phi) is 7.30. The van der Waals surface area contributed by atoms with Crippen molar-refractivity contribution in [2.75, 3.05) is 44.8 Å². The number of aliphatic carboxylic acids is 1. The second-order valence-corrected chi connectivity index (χ2v) is 7.40. The van der Waals surface area contributed by atoms with Crippen LogP contribution in [0.15, 0.2) is 48.5 Å². The number of aryl methyl sites for hydroxylation is 1. The second-order valence-electron chi connectivity index (χ2n) is 7.40. The Balaban J connectivity index is 1.44. The molecule has 0 spiro atoms. The monoisotopic (exact) mass is 412 g/mol. The first-order chi connectivity index (χ1) is 14.5. The Labute approximate surface area is 176 Å². The van der Waals surface area contributed by atoms with Gasteiger partial charge in [0.05, 0.1) is 0 Å². The largest absolute Gasteiger partial charge is 0.484 e. The molecule has 1 unspecified atom stereocenters. The van der Waals surface area contributed by atoms with E-state index in [0.29, 0.717) is 18.8 Å². The molecule has 0 aliphatic carbocycles. The molecule has 0 radical (unpaired) electrons. The van der Waals surface area contributed by atoms with Gasteiger partial charge in [-0.1, -0.05) is 29.8 Å². The number of benzene rings is 2. The van der Waals surface area contributed by atoms with Crippen molar-refractivity contribution >= 4 is 17.6 Å². The number of carboxylic acid groups (broad SMARTS) is 1. The lowest BCUT2D eigenvalue weighted by molar-refractivity contribution is -0.148. The van der Waals surface area contributed by atoms with Gasteiger partial charge < -0.3 is 24.4 Å². The number of carbonyl (C=O) groups excluding carboxylic acids is 1. The topological polar surface area (TPSA) is 79.3 Å². The lowest BCUT2D eigenvalue weighted by Crippen LogP contribution is -2.50. The van der Waals surface area contributed by atoms with Gasteiger partial charge in [0.2, 0.25) is 0 Å². The summed E-state index contributed by atoms with van der Waals surface area (Å²) in [6.45, 7) is 4.99. The molecule has 1 fully saturated rings. The number of nitrogens with zero attached hydrogens (tertiary/aromatic N) is 2. The van der Waals surface area contributed by atoms with Crippen molar-refractivity contribution in [1.29, 1.82) is 0 Å². The van der Waals surface area contributed by atoms with Crippen molar-refractivity contribution < 1.29 is 24.2 Å².